The Kier molecular flexibility index (Phi) is 7.04. The number of hydrogen-bond donors (Lipinski definition) is 2. The van der Waals surface area contributed by atoms with Crippen molar-refractivity contribution in [3.63, 3.8) is 0 Å². The lowest BCUT2D eigenvalue weighted by Gasteiger charge is -2.09. The Morgan fingerprint density at radius 3 is 2.15 bits per heavy atom. The molecule has 0 spiro atoms. The first-order valence-electron chi connectivity index (χ1n) is 10.8. The summed E-state index contributed by atoms with van der Waals surface area (Å²) in [4.78, 5) is 40.6. The number of hydrogen-bond acceptors (Lipinski definition) is 4. The minimum atomic E-state index is -0.242. The Morgan fingerprint density at radius 2 is 1.53 bits per heavy atom. The Hall–Kier alpha value is -3.97. The van der Waals surface area contributed by atoms with Crippen molar-refractivity contribution in [3.05, 3.63) is 106 Å². The van der Waals surface area contributed by atoms with Crippen molar-refractivity contribution in [1.29, 1.82) is 0 Å². The van der Waals surface area contributed by atoms with Gasteiger partial charge in [0.2, 0.25) is 0 Å². The highest BCUT2D eigenvalue weighted by Crippen LogP contribution is 2.17. The van der Waals surface area contributed by atoms with E-state index in [9.17, 15) is 14.4 Å². The van der Waals surface area contributed by atoms with Gasteiger partial charge in [-0.25, -0.2) is 4.98 Å². The third kappa shape index (κ3) is 5.15. The second-order valence-electron chi connectivity index (χ2n) is 7.76. The van der Waals surface area contributed by atoms with Gasteiger partial charge in [0.25, 0.3) is 11.8 Å². The summed E-state index contributed by atoms with van der Waals surface area (Å²) in [5.74, 6) is -0.445. The van der Waals surface area contributed by atoms with Gasteiger partial charge in [0, 0.05) is 30.4 Å². The molecule has 0 aliphatic rings. The molecule has 2 aromatic carbocycles. The molecule has 7 nitrogen and oxygen atoms in total. The molecule has 2 aromatic heterocycles. The molecule has 0 aliphatic heterocycles. The van der Waals surface area contributed by atoms with Crippen molar-refractivity contribution in [2.24, 2.45) is 0 Å². The first-order chi connectivity index (χ1) is 16.5. The zero-order valence-corrected chi connectivity index (χ0v) is 19.3. The highest BCUT2D eigenvalue weighted by molar-refractivity contribution is 6.30. The average molecular weight is 475 g/mol. The van der Waals surface area contributed by atoms with Gasteiger partial charge in [-0.05, 0) is 41.8 Å². The summed E-state index contributed by atoms with van der Waals surface area (Å²) in [6.45, 7) is 2.61. The molecule has 4 rings (SSSR count). The van der Waals surface area contributed by atoms with E-state index in [1.165, 1.54) is 0 Å². The molecule has 4 aromatic rings. The predicted octanol–water partition coefficient (Wildman–Crippen LogP) is 4.22. The van der Waals surface area contributed by atoms with Gasteiger partial charge in [0.1, 0.15) is 17.6 Å². The fraction of sp³-hybridized carbons (Fsp3) is 0.154. The van der Waals surface area contributed by atoms with Crippen LogP contribution in [0.2, 0.25) is 5.02 Å². The molecular weight excluding hydrogens is 452 g/mol. The quantitative estimate of drug-likeness (QED) is 0.374. The Bertz CT molecular complexity index is 1350. The number of imidazole rings is 1. The van der Waals surface area contributed by atoms with Gasteiger partial charge in [-0.15, -0.1) is 0 Å². The van der Waals surface area contributed by atoms with Crippen LogP contribution >= 0.6 is 11.6 Å². The maximum atomic E-state index is 12.9. The van der Waals surface area contributed by atoms with Crippen LogP contribution in [0.3, 0.4) is 0 Å². The standard InChI is InChI=1S/C26H23ClN4O3/c1-2-22-24(31-15-21(27)11-12-23(31)30-22)26(34)29-14-18-7-9-20(10-8-18)25(33)28-13-17-3-5-19(16-32)6-4-17/h3-12,15-16H,2,13-14H2,1H3,(H,28,33)(H,29,34). The Morgan fingerprint density at radius 1 is 0.912 bits per heavy atom. The van der Waals surface area contributed by atoms with Gasteiger partial charge in [0.05, 0.1) is 10.7 Å². The zero-order valence-electron chi connectivity index (χ0n) is 18.5. The molecule has 2 amide bonds. The summed E-state index contributed by atoms with van der Waals surface area (Å²) in [6.07, 6.45) is 3.08. The second kappa shape index (κ2) is 10.3. The number of carbonyl (C=O) groups is 3. The van der Waals surface area contributed by atoms with Crippen LogP contribution in [0.4, 0.5) is 0 Å². The summed E-state index contributed by atoms with van der Waals surface area (Å²) in [5, 5.41) is 6.30. The van der Waals surface area contributed by atoms with E-state index < -0.39 is 0 Å². The Labute approximate surface area is 201 Å². The molecule has 0 unspecified atom stereocenters. The molecule has 0 fully saturated rings. The lowest BCUT2D eigenvalue weighted by atomic mass is 10.1. The van der Waals surface area contributed by atoms with Crippen molar-refractivity contribution in [1.82, 2.24) is 20.0 Å². The minimum Gasteiger partial charge on any atom is -0.348 e. The maximum absolute atomic E-state index is 12.9. The second-order valence-corrected chi connectivity index (χ2v) is 8.19. The molecule has 0 bridgehead atoms. The molecule has 0 aliphatic carbocycles. The van der Waals surface area contributed by atoms with Gasteiger partial charge in [-0.1, -0.05) is 54.9 Å². The third-order valence-electron chi connectivity index (χ3n) is 5.44. The summed E-state index contributed by atoms with van der Waals surface area (Å²) < 4.78 is 1.70. The highest BCUT2D eigenvalue weighted by Gasteiger charge is 2.18. The van der Waals surface area contributed by atoms with Crippen LogP contribution < -0.4 is 10.6 Å². The molecule has 0 saturated carbocycles. The van der Waals surface area contributed by atoms with Gasteiger partial charge in [-0.2, -0.15) is 0 Å². The molecule has 0 saturated heterocycles. The fourth-order valence-electron chi connectivity index (χ4n) is 3.59. The van der Waals surface area contributed by atoms with E-state index in [1.807, 2.05) is 6.92 Å². The number of aldehydes is 1. The number of fused-ring (bicyclic) bond motifs is 1. The van der Waals surface area contributed by atoms with Crippen molar-refractivity contribution < 1.29 is 14.4 Å². The van der Waals surface area contributed by atoms with E-state index >= 15 is 0 Å². The number of rotatable bonds is 8. The van der Waals surface area contributed by atoms with E-state index in [-0.39, 0.29) is 11.8 Å². The van der Waals surface area contributed by atoms with Gasteiger partial charge in [-0.3, -0.25) is 18.8 Å². The molecule has 8 heteroatoms. The number of nitrogens with zero attached hydrogens (tertiary/aromatic N) is 2. The molecule has 172 valence electrons. The van der Waals surface area contributed by atoms with E-state index in [1.54, 1.807) is 71.3 Å². The number of benzene rings is 2. The van der Waals surface area contributed by atoms with Gasteiger partial charge < -0.3 is 10.6 Å². The van der Waals surface area contributed by atoms with Crippen LogP contribution in [0.5, 0.6) is 0 Å². The lowest BCUT2D eigenvalue weighted by molar-refractivity contribution is 0.0937. The SMILES string of the molecule is CCc1nc2ccc(Cl)cn2c1C(=O)NCc1ccc(C(=O)NCc2ccc(C=O)cc2)cc1. The monoisotopic (exact) mass is 474 g/mol. The van der Waals surface area contributed by atoms with Crippen LogP contribution in [0.25, 0.3) is 5.65 Å². The molecule has 0 atom stereocenters. The summed E-state index contributed by atoms with van der Waals surface area (Å²) in [5.41, 5.74) is 4.71. The van der Waals surface area contributed by atoms with Crippen molar-refractivity contribution in [2.75, 3.05) is 0 Å². The molecular formula is C26H23ClN4O3. The van der Waals surface area contributed by atoms with Gasteiger partial charge >= 0.3 is 0 Å². The number of aromatic nitrogens is 2. The number of aryl methyl sites for hydroxylation is 1. The van der Waals surface area contributed by atoms with E-state index in [4.69, 9.17) is 11.6 Å². The summed E-state index contributed by atoms with van der Waals surface area (Å²) in [7, 11) is 0. The van der Waals surface area contributed by atoms with Crippen LogP contribution in [0.1, 0.15) is 54.9 Å². The lowest BCUT2D eigenvalue weighted by Crippen LogP contribution is -2.25. The molecule has 2 N–H and O–H groups in total. The maximum Gasteiger partial charge on any atom is 0.270 e. The topological polar surface area (TPSA) is 92.6 Å². The molecule has 34 heavy (non-hydrogen) atoms. The average Bonchev–Trinajstić information content (AvgIpc) is 3.24. The van der Waals surface area contributed by atoms with Crippen LogP contribution in [0.15, 0.2) is 66.9 Å². The normalized spacial score (nSPS) is 10.8. The first kappa shape index (κ1) is 23.2. The number of nitrogens with one attached hydrogen (secondary N) is 2. The molecule has 2 heterocycles. The largest absolute Gasteiger partial charge is 0.348 e. The first-order valence-corrected chi connectivity index (χ1v) is 11.2. The van der Waals surface area contributed by atoms with E-state index in [2.05, 4.69) is 15.6 Å². The number of amides is 2. The fourth-order valence-corrected chi connectivity index (χ4v) is 3.75. The van der Waals surface area contributed by atoms with Crippen molar-refractivity contribution in [2.45, 2.75) is 26.4 Å². The zero-order chi connectivity index (χ0) is 24.1. The number of pyridine rings is 1. The minimum absolute atomic E-state index is 0.203. The van der Waals surface area contributed by atoms with Crippen molar-refractivity contribution in [3.8, 4) is 0 Å². The smallest absolute Gasteiger partial charge is 0.270 e. The molecule has 0 radical (unpaired) electrons. The third-order valence-corrected chi connectivity index (χ3v) is 5.67. The Balaban J connectivity index is 1.37. The number of carbonyl (C=O) groups excluding carboxylic acids is 3. The highest BCUT2D eigenvalue weighted by atomic mass is 35.5. The van der Waals surface area contributed by atoms with E-state index in [0.29, 0.717) is 52.7 Å². The van der Waals surface area contributed by atoms with Gasteiger partial charge in [0.15, 0.2) is 0 Å². The van der Waals surface area contributed by atoms with Crippen LogP contribution in [-0.2, 0) is 19.5 Å². The summed E-state index contributed by atoms with van der Waals surface area (Å²) in [6, 6.07) is 17.6. The number of halogens is 1. The van der Waals surface area contributed by atoms with Crippen molar-refractivity contribution >= 4 is 35.3 Å². The summed E-state index contributed by atoms with van der Waals surface area (Å²) >= 11 is 6.10. The van der Waals surface area contributed by atoms with Crippen LogP contribution in [0, 0.1) is 0 Å². The predicted molar refractivity (Wildman–Crippen MR) is 130 cm³/mol. The van der Waals surface area contributed by atoms with E-state index in [0.717, 1.165) is 17.4 Å². The van der Waals surface area contributed by atoms with Crippen LogP contribution in [-0.4, -0.2) is 27.5 Å².